The molecule has 31 heavy (non-hydrogen) atoms. The molecule has 0 bridgehead atoms. The number of hydrogen-bond donors (Lipinski definition) is 2. The zero-order valence-corrected chi connectivity index (χ0v) is 18.5. The molecule has 2 saturated heterocycles. The number of hydrogen-bond acceptors (Lipinski definition) is 3. The van der Waals surface area contributed by atoms with Gasteiger partial charge in [0, 0.05) is 18.4 Å². The maximum absolute atomic E-state index is 12.6. The quantitative estimate of drug-likeness (QED) is 0.659. The second-order valence-corrected chi connectivity index (χ2v) is 8.69. The van der Waals surface area contributed by atoms with Crippen molar-refractivity contribution < 1.29 is 24.1 Å². The molecular formula is C25H35N3O3+2. The van der Waals surface area contributed by atoms with Gasteiger partial charge in [0.25, 0.3) is 5.91 Å². The average Bonchev–Trinajstić information content (AvgIpc) is 2.84. The standard InChI is InChI=1S/C25H33N3O3/c1-30-23-7-9-24(10-8-23)31-20-25(29)28-17-15-27(16-18-28)22-11-13-26(14-12-22)19-21-5-3-2-4-6-21/h2-10,22H,11-20H2,1H3/p+2. The molecule has 2 N–H and O–H groups in total. The van der Waals surface area contributed by atoms with Gasteiger partial charge in [-0.3, -0.25) is 4.79 Å². The van der Waals surface area contributed by atoms with E-state index in [0.717, 1.165) is 44.5 Å². The minimum absolute atomic E-state index is 0.0805. The molecule has 6 heteroatoms. The Bertz CT molecular complexity index is 812. The van der Waals surface area contributed by atoms with Gasteiger partial charge in [-0.2, -0.15) is 0 Å². The molecule has 166 valence electrons. The van der Waals surface area contributed by atoms with E-state index in [1.807, 2.05) is 29.2 Å². The number of amides is 1. The predicted octanol–water partition coefficient (Wildman–Crippen LogP) is 0.0486. The minimum atomic E-state index is 0.0805. The van der Waals surface area contributed by atoms with Gasteiger partial charge in [-0.1, -0.05) is 30.3 Å². The molecule has 0 atom stereocenters. The second-order valence-electron chi connectivity index (χ2n) is 8.69. The number of quaternary nitrogens is 2. The molecule has 0 spiro atoms. The molecule has 2 aromatic carbocycles. The maximum Gasteiger partial charge on any atom is 0.260 e. The van der Waals surface area contributed by atoms with E-state index in [4.69, 9.17) is 9.47 Å². The first kappa shape index (κ1) is 21.7. The van der Waals surface area contributed by atoms with Crippen LogP contribution >= 0.6 is 0 Å². The van der Waals surface area contributed by atoms with E-state index in [1.54, 1.807) is 16.9 Å². The number of benzene rings is 2. The van der Waals surface area contributed by atoms with E-state index in [9.17, 15) is 4.79 Å². The van der Waals surface area contributed by atoms with E-state index < -0.39 is 0 Å². The van der Waals surface area contributed by atoms with Crippen molar-refractivity contribution in [2.45, 2.75) is 25.4 Å². The highest BCUT2D eigenvalue weighted by molar-refractivity contribution is 5.77. The van der Waals surface area contributed by atoms with E-state index >= 15 is 0 Å². The van der Waals surface area contributed by atoms with Crippen LogP contribution in [0.25, 0.3) is 0 Å². The molecule has 0 unspecified atom stereocenters. The number of likely N-dealkylation sites (tertiary alicyclic amines) is 1. The Balaban J connectivity index is 1.16. The highest BCUT2D eigenvalue weighted by Gasteiger charge is 2.33. The maximum atomic E-state index is 12.6. The van der Waals surface area contributed by atoms with Crippen LogP contribution in [-0.4, -0.2) is 69.8 Å². The first-order chi connectivity index (χ1) is 15.2. The summed E-state index contributed by atoms with van der Waals surface area (Å²) in [6.45, 7) is 7.50. The topological polar surface area (TPSA) is 47.6 Å². The predicted molar refractivity (Wildman–Crippen MR) is 120 cm³/mol. The molecule has 0 aromatic heterocycles. The summed E-state index contributed by atoms with van der Waals surface area (Å²) in [7, 11) is 1.64. The van der Waals surface area contributed by atoms with Crippen LogP contribution in [-0.2, 0) is 11.3 Å². The highest BCUT2D eigenvalue weighted by Crippen LogP contribution is 2.17. The van der Waals surface area contributed by atoms with Crippen molar-refractivity contribution in [3.63, 3.8) is 0 Å². The highest BCUT2D eigenvalue weighted by atomic mass is 16.5. The Morgan fingerprint density at radius 1 is 0.935 bits per heavy atom. The van der Waals surface area contributed by atoms with Crippen LogP contribution in [0.1, 0.15) is 18.4 Å². The van der Waals surface area contributed by atoms with Gasteiger partial charge in [0.2, 0.25) is 0 Å². The number of piperidine rings is 1. The van der Waals surface area contributed by atoms with Gasteiger partial charge in [0.05, 0.1) is 52.4 Å². The fourth-order valence-corrected chi connectivity index (χ4v) is 4.86. The van der Waals surface area contributed by atoms with Crippen LogP contribution in [0.2, 0.25) is 0 Å². The van der Waals surface area contributed by atoms with Crippen molar-refractivity contribution in [2.75, 3.05) is 53.0 Å². The summed E-state index contributed by atoms with van der Waals surface area (Å²) in [4.78, 5) is 17.9. The molecule has 4 rings (SSSR count). The third-order valence-corrected chi connectivity index (χ3v) is 6.75. The fourth-order valence-electron chi connectivity index (χ4n) is 4.86. The molecule has 2 aromatic rings. The number of methoxy groups -OCH3 is 1. The lowest BCUT2D eigenvalue weighted by molar-refractivity contribution is -0.965. The number of nitrogens with one attached hydrogen (secondary N) is 2. The molecule has 0 saturated carbocycles. The van der Waals surface area contributed by atoms with Gasteiger partial charge in [-0.05, 0) is 24.3 Å². The summed E-state index contributed by atoms with van der Waals surface area (Å²) < 4.78 is 10.8. The lowest BCUT2D eigenvalue weighted by Gasteiger charge is -2.39. The summed E-state index contributed by atoms with van der Waals surface area (Å²) >= 11 is 0. The van der Waals surface area contributed by atoms with Gasteiger partial charge in [0.15, 0.2) is 6.61 Å². The van der Waals surface area contributed by atoms with Crippen molar-refractivity contribution in [2.24, 2.45) is 0 Å². The summed E-state index contributed by atoms with van der Waals surface area (Å²) in [5, 5.41) is 0. The van der Waals surface area contributed by atoms with E-state index in [2.05, 4.69) is 30.3 Å². The molecule has 2 heterocycles. The fraction of sp³-hybridized carbons (Fsp3) is 0.480. The average molecular weight is 426 g/mol. The third-order valence-electron chi connectivity index (χ3n) is 6.75. The molecule has 2 aliphatic heterocycles. The lowest BCUT2D eigenvalue weighted by atomic mass is 10.0. The Kier molecular flexibility index (Phi) is 7.43. The minimum Gasteiger partial charge on any atom is -0.497 e. The lowest BCUT2D eigenvalue weighted by Crippen LogP contribution is -3.21. The van der Waals surface area contributed by atoms with Gasteiger partial charge in [-0.25, -0.2) is 0 Å². The Labute approximate surface area is 185 Å². The summed E-state index contributed by atoms with van der Waals surface area (Å²) in [5.74, 6) is 1.56. The SMILES string of the molecule is COc1ccc(OCC(=O)N2CC[NH+](C3CC[NH+](Cc4ccccc4)CC3)CC2)cc1. The number of piperazine rings is 1. The molecule has 2 aliphatic rings. The Morgan fingerprint density at radius 3 is 2.23 bits per heavy atom. The van der Waals surface area contributed by atoms with E-state index in [0.29, 0.717) is 5.75 Å². The van der Waals surface area contributed by atoms with Gasteiger partial charge >= 0.3 is 0 Å². The third kappa shape index (κ3) is 5.99. The Morgan fingerprint density at radius 2 is 1.58 bits per heavy atom. The van der Waals surface area contributed by atoms with Crippen molar-refractivity contribution in [3.05, 3.63) is 60.2 Å². The van der Waals surface area contributed by atoms with Crippen LogP contribution < -0.4 is 19.3 Å². The zero-order valence-electron chi connectivity index (χ0n) is 18.5. The molecule has 1 amide bonds. The monoisotopic (exact) mass is 425 g/mol. The normalized spacial score (nSPS) is 22.2. The van der Waals surface area contributed by atoms with Crippen LogP contribution in [0, 0.1) is 0 Å². The Hall–Kier alpha value is -2.57. The second kappa shape index (κ2) is 10.6. The van der Waals surface area contributed by atoms with Crippen LogP contribution in [0.3, 0.4) is 0 Å². The molecule has 0 aliphatic carbocycles. The van der Waals surface area contributed by atoms with Crippen LogP contribution in [0.15, 0.2) is 54.6 Å². The van der Waals surface area contributed by atoms with E-state index in [1.165, 1.54) is 31.5 Å². The number of carbonyl (C=O) groups excluding carboxylic acids is 1. The van der Waals surface area contributed by atoms with Gasteiger partial charge in [0.1, 0.15) is 18.0 Å². The largest absolute Gasteiger partial charge is 0.497 e. The first-order valence-corrected chi connectivity index (χ1v) is 11.5. The van der Waals surface area contributed by atoms with Crippen LogP contribution in [0.4, 0.5) is 0 Å². The molecular weight excluding hydrogens is 390 g/mol. The number of nitrogens with zero attached hydrogens (tertiary/aromatic N) is 1. The summed E-state index contributed by atoms with van der Waals surface area (Å²) in [6, 6.07) is 18.9. The number of ether oxygens (including phenoxy) is 2. The molecule has 6 nitrogen and oxygen atoms in total. The smallest absolute Gasteiger partial charge is 0.260 e. The van der Waals surface area contributed by atoms with Crippen LogP contribution in [0.5, 0.6) is 11.5 Å². The van der Waals surface area contributed by atoms with Crippen molar-refractivity contribution in [1.29, 1.82) is 0 Å². The number of carbonyl (C=O) groups is 1. The molecule has 0 radical (unpaired) electrons. The van der Waals surface area contributed by atoms with Gasteiger partial charge in [-0.15, -0.1) is 0 Å². The number of rotatable bonds is 7. The van der Waals surface area contributed by atoms with Gasteiger partial charge < -0.3 is 24.2 Å². The summed E-state index contributed by atoms with van der Waals surface area (Å²) in [6.07, 6.45) is 2.57. The van der Waals surface area contributed by atoms with Crippen molar-refractivity contribution in [1.82, 2.24) is 4.90 Å². The van der Waals surface area contributed by atoms with Crippen molar-refractivity contribution in [3.8, 4) is 11.5 Å². The first-order valence-electron chi connectivity index (χ1n) is 11.5. The zero-order chi connectivity index (χ0) is 21.5. The molecule has 2 fully saturated rings. The van der Waals surface area contributed by atoms with Crippen molar-refractivity contribution >= 4 is 5.91 Å². The van der Waals surface area contributed by atoms with E-state index in [-0.39, 0.29) is 12.5 Å². The summed E-state index contributed by atoms with van der Waals surface area (Å²) in [5.41, 5.74) is 1.44.